The molecule has 18 heavy (non-hydrogen) atoms. The fourth-order valence-electron chi connectivity index (χ4n) is 1.95. The molecule has 1 unspecified atom stereocenters. The van der Waals surface area contributed by atoms with E-state index in [2.05, 4.69) is 24.2 Å². The van der Waals surface area contributed by atoms with E-state index >= 15 is 0 Å². The average molecular weight is 280 g/mol. The molecule has 0 spiro atoms. The second-order valence-electron chi connectivity index (χ2n) is 4.27. The molecule has 6 heteroatoms. The predicted molar refractivity (Wildman–Crippen MR) is 72.6 cm³/mol. The number of hydrogen-bond acceptors (Lipinski definition) is 4. The van der Waals surface area contributed by atoms with Crippen LogP contribution in [-0.4, -0.2) is 43.1 Å². The van der Waals surface area contributed by atoms with E-state index in [1.54, 1.807) is 11.8 Å². The fraction of sp³-hybridized carbons (Fsp3) is 0.917. The topological polar surface area (TPSA) is 33.6 Å². The number of ether oxygens (including phenoxy) is 1. The van der Waals surface area contributed by atoms with E-state index < -0.39 is 13.0 Å². The van der Waals surface area contributed by atoms with Crippen molar-refractivity contribution in [3.63, 3.8) is 0 Å². The first kappa shape index (κ1) is 15.7. The van der Waals surface area contributed by atoms with Crippen LogP contribution in [0.15, 0.2) is 4.99 Å². The summed E-state index contributed by atoms with van der Waals surface area (Å²) in [4.78, 5) is 4.43. The Balaban J connectivity index is 2.11. The van der Waals surface area contributed by atoms with E-state index in [0.29, 0.717) is 24.3 Å². The summed E-state index contributed by atoms with van der Waals surface area (Å²) in [6, 6.07) is 0. The van der Waals surface area contributed by atoms with E-state index in [1.165, 1.54) is 12.8 Å². The van der Waals surface area contributed by atoms with Gasteiger partial charge >= 0.3 is 0 Å². The lowest BCUT2D eigenvalue weighted by Crippen LogP contribution is -2.25. The number of aliphatic imine (C=N–C) groups is 1. The van der Waals surface area contributed by atoms with Gasteiger partial charge in [-0.2, -0.15) is 0 Å². The van der Waals surface area contributed by atoms with Crippen molar-refractivity contribution in [2.45, 2.75) is 38.4 Å². The standard InChI is InChI=1S/C12H22F2N2OS/c1-3-9(4-2)10-7-16-12(18-10)15-5-6-17-8-11(13)14/h9-11H,3-8H2,1-2H3,(H,15,16). The minimum absolute atomic E-state index is 0.291. The molecule has 1 N–H and O–H groups in total. The Hall–Kier alpha value is -0.360. The summed E-state index contributed by atoms with van der Waals surface area (Å²) in [6.07, 6.45) is -0.0365. The molecule has 0 fully saturated rings. The lowest BCUT2D eigenvalue weighted by Gasteiger charge is -2.18. The second-order valence-corrected chi connectivity index (χ2v) is 5.50. The number of nitrogens with zero attached hydrogens (tertiary/aromatic N) is 1. The van der Waals surface area contributed by atoms with Gasteiger partial charge in [0.05, 0.1) is 13.2 Å². The molecule has 1 atom stereocenters. The van der Waals surface area contributed by atoms with Crippen LogP contribution in [0, 0.1) is 5.92 Å². The fourth-order valence-corrected chi connectivity index (χ4v) is 3.30. The largest absolute Gasteiger partial charge is 0.374 e. The van der Waals surface area contributed by atoms with Gasteiger partial charge in [-0.15, -0.1) is 0 Å². The summed E-state index contributed by atoms with van der Waals surface area (Å²) in [5.41, 5.74) is 0. The number of halogens is 2. The van der Waals surface area contributed by atoms with Crippen molar-refractivity contribution >= 4 is 16.9 Å². The van der Waals surface area contributed by atoms with Crippen molar-refractivity contribution in [3.05, 3.63) is 0 Å². The maximum absolute atomic E-state index is 11.8. The molecular formula is C12H22F2N2OS. The molecular weight excluding hydrogens is 258 g/mol. The summed E-state index contributed by atoms with van der Waals surface area (Å²) in [7, 11) is 0. The van der Waals surface area contributed by atoms with E-state index in [9.17, 15) is 8.78 Å². The number of nitrogens with one attached hydrogen (secondary N) is 1. The number of amidine groups is 1. The minimum Gasteiger partial charge on any atom is -0.374 e. The van der Waals surface area contributed by atoms with Crippen molar-refractivity contribution in [2.24, 2.45) is 10.9 Å². The zero-order chi connectivity index (χ0) is 13.4. The Labute approximate surface area is 112 Å². The van der Waals surface area contributed by atoms with Gasteiger partial charge < -0.3 is 10.1 Å². The molecule has 3 nitrogen and oxygen atoms in total. The van der Waals surface area contributed by atoms with Gasteiger partial charge in [-0.1, -0.05) is 38.5 Å². The third-order valence-corrected chi connectivity index (χ3v) is 4.35. The maximum Gasteiger partial charge on any atom is 0.261 e. The van der Waals surface area contributed by atoms with Gasteiger partial charge in [0.15, 0.2) is 5.17 Å². The molecule has 0 aromatic heterocycles. The van der Waals surface area contributed by atoms with Gasteiger partial charge in [0.1, 0.15) is 6.61 Å². The van der Waals surface area contributed by atoms with E-state index in [4.69, 9.17) is 4.74 Å². The van der Waals surface area contributed by atoms with Gasteiger partial charge in [-0.05, 0) is 5.92 Å². The van der Waals surface area contributed by atoms with E-state index in [0.717, 1.165) is 11.7 Å². The third kappa shape index (κ3) is 5.52. The normalized spacial score (nSPS) is 19.7. The molecule has 0 aliphatic carbocycles. The molecule has 0 saturated carbocycles. The van der Waals surface area contributed by atoms with E-state index in [-0.39, 0.29) is 0 Å². The molecule has 0 aromatic rings. The van der Waals surface area contributed by atoms with E-state index in [1.807, 2.05) is 0 Å². The first-order chi connectivity index (χ1) is 8.67. The molecule has 0 bridgehead atoms. The molecule has 106 valence electrons. The quantitative estimate of drug-likeness (QED) is 0.694. The van der Waals surface area contributed by atoms with Gasteiger partial charge in [0.2, 0.25) is 0 Å². The Morgan fingerprint density at radius 2 is 2.17 bits per heavy atom. The van der Waals surface area contributed by atoms with Crippen LogP contribution < -0.4 is 5.32 Å². The van der Waals surface area contributed by atoms with Gasteiger partial charge in [0.25, 0.3) is 6.43 Å². The highest BCUT2D eigenvalue weighted by atomic mass is 32.2. The number of hydrogen-bond donors (Lipinski definition) is 1. The molecule has 1 aliphatic rings. The van der Waals surface area contributed by atoms with Crippen molar-refractivity contribution < 1.29 is 13.5 Å². The third-order valence-electron chi connectivity index (χ3n) is 3.02. The first-order valence-electron chi connectivity index (χ1n) is 6.48. The summed E-state index contributed by atoms with van der Waals surface area (Å²) in [5.74, 6) is 0.702. The Kier molecular flexibility index (Phi) is 7.58. The first-order valence-corrected chi connectivity index (χ1v) is 7.36. The molecule has 1 heterocycles. The van der Waals surface area contributed by atoms with Gasteiger partial charge in [0, 0.05) is 11.8 Å². The Bertz CT molecular complexity index is 260. The van der Waals surface area contributed by atoms with Crippen LogP contribution in [0.4, 0.5) is 8.78 Å². The van der Waals surface area contributed by atoms with Crippen LogP contribution in [0.5, 0.6) is 0 Å². The molecule has 0 saturated heterocycles. The number of rotatable bonds is 8. The lowest BCUT2D eigenvalue weighted by atomic mass is 9.99. The summed E-state index contributed by atoms with van der Waals surface area (Å²) in [5, 5.41) is 4.61. The lowest BCUT2D eigenvalue weighted by molar-refractivity contribution is 0.0197. The Morgan fingerprint density at radius 3 is 2.78 bits per heavy atom. The van der Waals surface area contributed by atoms with Crippen LogP contribution in [0.1, 0.15) is 26.7 Å². The number of thioether (sulfide) groups is 1. The second kappa shape index (κ2) is 8.69. The maximum atomic E-state index is 11.8. The smallest absolute Gasteiger partial charge is 0.261 e. The summed E-state index contributed by atoms with van der Waals surface area (Å²) in [6.45, 7) is 5.61. The monoisotopic (exact) mass is 280 g/mol. The molecule has 0 radical (unpaired) electrons. The van der Waals surface area contributed by atoms with Gasteiger partial charge in [-0.25, -0.2) is 8.78 Å². The Morgan fingerprint density at radius 1 is 1.44 bits per heavy atom. The van der Waals surface area contributed by atoms with Crippen LogP contribution in [0.2, 0.25) is 0 Å². The SMILES string of the molecule is CCC(CC)C1CN=C(NCCOCC(F)F)S1. The minimum atomic E-state index is -2.39. The highest BCUT2D eigenvalue weighted by molar-refractivity contribution is 8.14. The highest BCUT2D eigenvalue weighted by Crippen LogP contribution is 2.30. The average Bonchev–Trinajstić information content (AvgIpc) is 2.79. The van der Waals surface area contributed by atoms with Crippen molar-refractivity contribution in [3.8, 4) is 0 Å². The molecule has 1 aliphatic heterocycles. The highest BCUT2D eigenvalue weighted by Gasteiger charge is 2.25. The molecule has 1 rings (SSSR count). The van der Waals surface area contributed by atoms with Crippen molar-refractivity contribution in [1.29, 1.82) is 0 Å². The molecule has 0 aromatic carbocycles. The zero-order valence-corrected chi connectivity index (χ0v) is 11.8. The van der Waals surface area contributed by atoms with Crippen LogP contribution >= 0.6 is 11.8 Å². The van der Waals surface area contributed by atoms with Crippen LogP contribution in [-0.2, 0) is 4.74 Å². The molecule has 0 amide bonds. The van der Waals surface area contributed by atoms with Crippen molar-refractivity contribution in [1.82, 2.24) is 5.32 Å². The summed E-state index contributed by atoms with van der Waals surface area (Å²) < 4.78 is 28.4. The number of alkyl halides is 2. The zero-order valence-electron chi connectivity index (χ0n) is 11.0. The van der Waals surface area contributed by atoms with Gasteiger partial charge in [-0.3, -0.25) is 4.99 Å². The van der Waals surface area contributed by atoms with Crippen LogP contribution in [0.25, 0.3) is 0 Å². The predicted octanol–water partition coefficient (Wildman–Crippen LogP) is 2.77. The summed E-state index contributed by atoms with van der Waals surface area (Å²) >= 11 is 1.77. The van der Waals surface area contributed by atoms with Crippen LogP contribution in [0.3, 0.4) is 0 Å². The van der Waals surface area contributed by atoms with Crippen molar-refractivity contribution in [2.75, 3.05) is 26.3 Å².